The SMILES string of the molecule is [3H]C1(O)C(O)C(OP(=O)(O)O)C(OP(=O)(O)O)C(O)C1OP(=O)(O)O. The zero-order valence-corrected chi connectivity index (χ0v) is 13.9. The van der Waals surface area contributed by atoms with Gasteiger partial charge in [-0.25, -0.2) is 13.7 Å². The lowest BCUT2D eigenvalue weighted by molar-refractivity contribution is -0.212. The third kappa shape index (κ3) is 6.50. The van der Waals surface area contributed by atoms with Gasteiger partial charge in [0.2, 0.25) is 0 Å². The van der Waals surface area contributed by atoms with Crippen LogP contribution in [0.2, 0.25) is 0 Å². The molecular weight excluding hydrogens is 405 g/mol. The summed E-state index contributed by atoms with van der Waals surface area (Å²) in [6.45, 7) is 0. The summed E-state index contributed by atoms with van der Waals surface area (Å²) in [5.41, 5.74) is 0. The van der Waals surface area contributed by atoms with Crippen molar-refractivity contribution in [2.45, 2.75) is 36.6 Å². The Labute approximate surface area is 134 Å². The van der Waals surface area contributed by atoms with E-state index < -0.39 is 60.1 Å². The number of hydrogen-bond acceptors (Lipinski definition) is 9. The molecule has 9 N–H and O–H groups in total. The van der Waals surface area contributed by atoms with Crippen LogP contribution in [-0.2, 0) is 27.3 Å². The molecule has 0 aliphatic heterocycles. The highest BCUT2D eigenvalue weighted by atomic mass is 31.2. The lowest BCUT2D eigenvalue weighted by Crippen LogP contribution is -2.65. The highest BCUT2D eigenvalue weighted by Gasteiger charge is 2.56. The predicted molar refractivity (Wildman–Crippen MR) is 68.8 cm³/mol. The highest BCUT2D eigenvalue weighted by Crippen LogP contribution is 2.49. The molecular formula is C6H15O15P3. The number of hydrogen-bond donors (Lipinski definition) is 9. The molecule has 15 nitrogen and oxygen atoms in total. The smallest absolute Gasteiger partial charge is 0.387 e. The average molecular weight is 422 g/mol. The van der Waals surface area contributed by atoms with E-state index in [0.29, 0.717) is 0 Å². The molecule has 0 amide bonds. The van der Waals surface area contributed by atoms with Gasteiger partial charge in [0.05, 0.1) is 1.37 Å². The van der Waals surface area contributed by atoms with Gasteiger partial charge in [-0.05, 0) is 0 Å². The van der Waals surface area contributed by atoms with E-state index in [1.807, 2.05) is 0 Å². The first kappa shape index (κ1) is 20.5. The molecule has 0 aromatic heterocycles. The molecule has 18 heteroatoms. The van der Waals surface area contributed by atoms with Crippen molar-refractivity contribution in [1.29, 1.82) is 0 Å². The van der Waals surface area contributed by atoms with Gasteiger partial charge in [0.25, 0.3) is 0 Å². The summed E-state index contributed by atoms with van der Waals surface area (Å²) in [6, 6.07) is 0. The van der Waals surface area contributed by atoms with E-state index in [9.17, 15) is 29.0 Å². The second-order valence-corrected chi connectivity index (χ2v) is 8.07. The van der Waals surface area contributed by atoms with Crippen LogP contribution in [0.15, 0.2) is 0 Å². The molecule has 0 aromatic carbocycles. The first-order valence-electron chi connectivity index (χ1n) is 6.15. The van der Waals surface area contributed by atoms with E-state index in [1.165, 1.54) is 0 Å². The quantitative estimate of drug-likeness (QED) is 0.188. The van der Waals surface area contributed by atoms with Gasteiger partial charge < -0.3 is 44.7 Å². The molecule has 1 fully saturated rings. The zero-order valence-electron chi connectivity index (χ0n) is 12.2. The first-order chi connectivity index (χ1) is 10.9. The molecule has 1 aliphatic carbocycles. The molecule has 1 saturated carbocycles. The lowest BCUT2D eigenvalue weighted by Gasteiger charge is -2.44. The van der Waals surface area contributed by atoms with Gasteiger partial charge in [0.15, 0.2) is 0 Å². The maximum atomic E-state index is 10.9. The first-order valence-corrected chi connectivity index (χ1v) is 10.2. The van der Waals surface area contributed by atoms with Gasteiger partial charge in [-0.1, -0.05) is 0 Å². The van der Waals surface area contributed by atoms with Gasteiger partial charge in [0.1, 0.15) is 36.6 Å². The molecule has 0 spiro atoms. The Bertz CT molecular complexity index is 619. The summed E-state index contributed by atoms with van der Waals surface area (Å²) in [5, 5.41) is 29.6. The van der Waals surface area contributed by atoms with Crippen LogP contribution in [0.5, 0.6) is 0 Å². The van der Waals surface area contributed by atoms with Crippen LogP contribution >= 0.6 is 23.5 Å². The highest BCUT2D eigenvalue weighted by molar-refractivity contribution is 7.46. The van der Waals surface area contributed by atoms with Crippen LogP contribution in [0.25, 0.3) is 0 Å². The van der Waals surface area contributed by atoms with Crippen molar-refractivity contribution in [1.82, 2.24) is 0 Å². The summed E-state index contributed by atoms with van der Waals surface area (Å²) < 4.78 is 52.1. The Morgan fingerprint density at radius 1 is 0.625 bits per heavy atom. The standard InChI is InChI=1S/C6H15O15P3/c7-1-2(8)5(20-23(13,14)15)6(21-24(16,17)18)3(9)4(1)19-22(10,11)12/h1-9H,(H2,10,11,12)(H2,13,14,15)(H2,16,17,18)/i1T. The maximum Gasteiger partial charge on any atom is 0.470 e. The monoisotopic (exact) mass is 422 g/mol. The summed E-state index contributed by atoms with van der Waals surface area (Å²) in [5.74, 6) is 0. The summed E-state index contributed by atoms with van der Waals surface area (Å²) >= 11 is 0. The molecule has 0 radical (unpaired) electrons. The van der Waals surface area contributed by atoms with Crippen molar-refractivity contribution in [2.24, 2.45) is 0 Å². The predicted octanol–water partition coefficient (Wildman–Crippen LogP) is -3.48. The zero-order chi connectivity index (χ0) is 20.0. The summed E-state index contributed by atoms with van der Waals surface area (Å²) in [6.07, 6.45) is -16.9. The third-order valence-electron chi connectivity index (χ3n) is 2.65. The van der Waals surface area contributed by atoms with E-state index >= 15 is 0 Å². The molecule has 0 aromatic rings. The molecule has 1 rings (SSSR count). The fraction of sp³-hybridized carbons (Fsp3) is 1.00. The van der Waals surface area contributed by atoms with Gasteiger partial charge in [-0.2, -0.15) is 0 Å². The maximum absolute atomic E-state index is 10.9. The Balaban J connectivity index is 3.37. The summed E-state index contributed by atoms with van der Waals surface area (Å²) in [7, 11) is -16.5. The fourth-order valence-electron chi connectivity index (χ4n) is 1.88. The van der Waals surface area contributed by atoms with Gasteiger partial charge in [-0.3, -0.25) is 13.6 Å². The average Bonchev–Trinajstić information content (AvgIpc) is 2.33. The van der Waals surface area contributed by atoms with Crippen LogP contribution < -0.4 is 0 Å². The van der Waals surface area contributed by atoms with Crippen molar-refractivity contribution in [3.05, 3.63) is 0 Å². The van der Waals surface area contributed by atoms with Crippen LogP contribution in [0.1, 0.15) is 1.37 Å². The Kier molecular flexibility index (Phi) is 6.37. The third-order valence-corrected chi connectivity index (χ3v) is 4.18. The summed E-state index contributed by atoms with van der Waals surface area (Å²) in [4.78, 5) is 52.5. The van der Waals surface area contributed by atoms with E-state index in [2.05, 4.69) is 13.6 Å². The number of phosphoric acid groups is 3. The van der Waals surface area contributed by atoms with E-state index in [1.54, 1.807) is 0 Å². The van der Waals surface area contributed by atoms with Crippen molar-refractivity contribution < 1.29 is 73.3 Å². The molecule has 0 heterocycles. The Morgan fingerprint density at radius 3 is 1.25 bits per heavy atom. The van der Waals surface area contributed by atoms with Crippen molar-refractivity contribution in [3.8, 4) is 0 Å². The van der Waals surface area contributed by atoms with Crippen molar-refractivity contribution in [3.63, 3.8) is 0 Å². The van der Waals surface area contributed by atoms with Crippen molar-refractivity contribution in [2.75, 3.05) is 0 Å². The number of phosphoric ester groups is 3. The molecule has 0 bridgehead atoms. The molecule has 1 aliphatic rings. The van der Waals surface area contributed by atoms with Gasteiger partial charge in [0, 0.05) is 0 Å². The molecule has 0 saturated heterocycles. The minimum Gasteiger partial charge on any atom is -0.387 e. The minimum absolute atomic E-state index is 2.56. The number of aliphatic hydroxyl groups is 3. The van der Waals surface area contributed by atoms with Gasteiger partial charge >= 0.3 is 23.5 Å². The van der Waals surface area contributed by atoms with Crippen LogP contribution in [0.4, 0.5) is 0 Å². The Morgan fingerprint density at radius 2 is 0.917 bits per heavy atom. The number of rotatable bonds is 6. The van der Waals surface area contributed by atoms with E-state index in [0.717, 1.165) is 0 Å². The largest absolute Gasteiger partial charge is 0.470 e. The fourth-order valence-corrected chi connectivity index (χ4v) is 3.52. The molecule has 24 heavy (non-hydrogen) atoms. The second-order valence-electron chi connectivity index (χ2n) is 4.50. The molecule has 144 valence electrons. The number of aliphatic hydroxyl groups excluding tert-OH is 2. The minimum atomic E-state index is -5.52. The Hall–Kier alpha value is 0.210. The topological polar surface area (TPSA) is 261 Å². The normalized spacial score (nSPS) is 39.5. The molecule has 6 atom stereocenters. The van der Waals surface area contributed by atoms with Crippen LogP contribution in [-0.4, -0.2) is 81.3 Å². The van der Waals surface area contributed by atoms with Crippen LogP contribution in [0, 0.1) is 0 Å². The van der Waals surface area contributed by atoms with Crippen LogP contribution in [0.3, 0.4) is 0 Å². The van der Waals surface area contributed by atoms with E-state index in [4.69, 9.17) is 30.7 Å². The lowest BCUT2D eigenvalue weighted by atomic mass is 9.85. The van der Waals surface area contributed by atoms with Gasteiger partial charge in [-0.15, -0.1) is 0 Å². The van der Waals surface area contributed by atoms with E-state index in [-0.39, 0.29) is 0 Å². The molecule has 6 unspecified atom stereocenters. The second kappa shape index (κ2) is 7.45. The van der Waals surface area contributed by atoms with Crippen molar-refractivity contribution >= 4 is 23.5 Å².